The van der Waals surface area contributed by atoms with E-state index in [4.69, 9.17) is 9.47 Å². The van der Waals surface area contributed by atoms with Gasteiger partial charge in [0.05, 0.1) is 31.6 Å². The van der Waals surface area contributed by atoms with Gasteiger partial charge in [-0.25, -0.2) is 13.1 Å². The van der Waals surface area contributed by atoms with Gasteiger partial charge >= 0.3 is 0 Å². The molecule has 2 aliphatic rings. The summed E-state index contributed by atoms with van der Waals surface area (Å²) in [5.74, 6) is 0. The molecule has 20 heavy (non-hydrogen) atoms. The third-order valence-corrected chi connectivity index (χ3v) is 5.27. The molecule has 1 N–H and O–H groups in total. The zero-order chi connectivity index (χ0) is 14.2. The van der Waals surface area contributed by atoms with E-state index in [1.807, 2.05) is 0 Å². The Kier molecular flexibility index (Phi) is 3.80. The molecule has 0 spiro atoms. The molecule has 2 fully saturated rings. The van der Waals surface area contributed by atoms with Gasteiger partial charge in [0, 0.05) is 19.3 Å². The van der Waals surface area contributed by atoms with Gasteiger partial charge in [0.2, 0.25) is 10.0 Å². The second-order valence-corrected chi connectivity index (χ2v) is 7.01. The third kappa shape index (κ3) is 2.88. The second-order valence-electron chi connectivity index (χ2n) is 5.30. The fraction of sp³-hybridized carbons (Fsp3) is 0.750. The molecule has 1 aromatic rings. The molecule has 1 saturated heterocycles. The largest absolute Gasteiger partial charge is 0.373 e. The predicted octanol–water partition coefficient (Wildman–Crippen LogP) is 0.0349. The highest BCUT2D eigenvalue weighted by molar-refractivity contribution is 7.89. The first-order valence-corrected chi connectivity index (χ1v) is 8.27. The average Bonchev–Trinajstić information content (AvgIpc) is 2.86. The minimum absolute atomic E-state index is 0.000835. The summed E-state index contributed by atoms with van der Waals surface area (Å²) in [6, 6.07) is -0.108. The van der Waals surface area contributed by atoms with Crippen LogP contribution in [0, 0.1) is 0 Å². The molecular weight excluding hydrogens is 282 g/mol. The number of fused-ring (bicyclic) bond motifs is 1. The van der Waals surface area contributed by atoms with Crippen LogP contribution in [0.1, 0.15) is 19.3 Å². The second kappa shape index (κ2) is 5.44. The molecule has 3 atom stereocenters. The normalized spacial score (nSPS) is 30.9. The summed E-state index contributed by atoms with van der Waals surface area (Å²) in [6.07, 6.45) is 5.21. The Morgan fingerprint density at radius 2 is 2.05 bits per heavy atom. The topological polar surface area (TPSA) is 82.5 Å². The van der Waals surface area contributed by atoms with Crippen molar-refractivity contribution in [1.29, 1.82) is 0 Å². The van der Waals surface area contributed by atoms with E-state index in [1.165, 1.54) is 17.1 Å². The molecule has 7 nitrogen and oxygen atoms in total. The van der Waals surface area contributed by atoms with Crippen LogP contribution in [0.3, 0.4) is 0 Å². The lowest BCUT2D eigenvalue weighted by Gasteiger charge is -2.38. The molecule has 8 heteroatoms. The lowest BCUT2D eigenvalue weighted by Crippen LogP contribution is -2.49. The standard InChI is InChI=1S/C12H19N3O4S/c1-15-8-10(7-13-15)20(16,17)14-9-2-3-11-12(6-9)19-5-4-18-11/h7-9,11-12,14H,2-6H2,1H3/t9-,11-,12-/m1/s1. The van der Waals surface area contributed by atoms with E-state index in [2.05, 4.69) is 9.82 Å². The summed E-state index contributed by atoms with van der Waals surface area (Å²) >= 11 is 0. The molecule has 0 unspecified atom stereocenters. The smallest absolute Gasteiger partial charge is 0.243 e. The highest BCUT2D eigenvalue weighted by Gasteiger charge is 2.35. The van der Waals surface area contributed by atoms with E-state index in [9.17, 15) is 8.42 Å². The summed E-state index contributed by atoms with van der Waals surface area (Å²) in [5, 5.41) is 3.89. The number of rotatable bonds is 3. The Balaban J connectivity index is 1.66. The minimum Gasteiger partial charge on any atom is -0.373 e. The third-order valence-electron chi connectivity index (χ3n) is 3.79. The van der Waals surface area contributed by atoms with Crippen LogP contribution < -0.4 is 4.72 Å². The number of aryl methyl sites for hydroxylation is 1. The summed E-state index contributed by atoms with van der Waals surface area (Å²) in [4.78, 5) is 0.197. The number of ether oxygens (including phenoxy) is 2. The van der Waals surface area contributed by atoms with Crippen LogP contribution in [-0.2, 0) is 26.5 Å². The molecule has 0 amide bonds. The quantitative estimate of drug-likeness (QED) is 0.852. The van der Waals surface area contributed by atoms with Gasteiger partial charge in [0.1, 0.15) is 4.90 Å². The van der Waals surface area contributed by atoms with E-state index in [0.29, 0.717) is 19.6 Å². The molecule has 0 radical (unpaired) electrons. The van der Waals surface area contributed by atoms with Gasteiger partial charge in [-0.15, -0.1) is 0 Å². The zero-order valence-electron chi connectivity index (χ0n) is 11.4. The molecule has 1 aliphatic heterocycles. The van der Waals surface area contributed by atoms with Crippen LogP contribution in [0.15, 0.2) is 17.3 Å². The summed E-state index contributed by atoms with van der Waals surface area (Å²) < 4.78 is 40.0. The van der Waals surface area contributed by atoms with E-state index >= 15 is 0 Å². The number of hydrogen-bond acceptors (Lipinski definition) is 5. The molecule has 1 aliphatic carbocycles. The van der Waals surface area contributed by atoms with Crippen molar-refractivity contribution < 1.29 is 17.9 Å². The number of nitrogens with one attached hydrogen (secondary N) is 1. The summed E-state index contributed by atoms with van der Waals surface area (Å²) in [5.41, 5.74) is 0. The Morgan fingerprint density at radius 3 is 2.75 bits per heavy atom. The lowest BCUT2D eigenvalue weighted by atomic mass is 9.90. The number of hydrogen-bond donors (Lipinski definition) is 1. The van der Waals surface area contributed by atoms with Crippen molar-refractivity contribution in [3.8, 4) is 0 Å². The molecule has 0 aromatic carbocycles. The van der Waals surface area contributed by atoms with Crippen molar-refractivity contribution >= 4 is 10.0 Å². The summed E-state index contributed by atoms with van der Waals surface area (Å²) in [6.45, 7) is 1.22. The van der Waals surface area contributed by atoms with Gasteiger partial charge in [0.25, 0.3) is 0 Å². The molecule has 112 valence electrons. The number of nitrogens with zero attached hydrogens (tertiary/aromatic N) is 2. The van der Waals surface area contributed by atoms with Crippen molar-refractivity contribution in [3.63, 3.8) is 0 Å². The Labute approximate surface area is 118 Å². The van der Waals surface area contributed by atoms with Crippen LogP contribution in [0.2, 0.25) is 0 Å². The Morgan fingerprint density at radius 1 is 1.30 bits per heavy atom. The van der Waals surface area contributed by atoms with Crippen molar-refractivity contribution in [2.45, 2.75) is 42.4 Å². The first-order chi connectivity index (χ1) is 9.54. The SMILES string of the molecule is Cn1cc(S(=O)(=O)N[C@@H]2CC[C@H]3OCCO[C@@H]3C2)cn1. The van der Waals surface area contributed by atoms with Crippen molar-refractivity contribution in [2.24, 2.45) is 7.05 Å². The lowest BCUT2D eigenvalue weighted by molar-refractivity contribution is -0.156. The van der Waals surface area contributed by atoms with Gasteiger partial charge in [-0.3, -0.25) is 4.68 Å². The average molecular weight is 301 g/mol. The van der Waals surface area contributed by atoms with Crippen LogP contribution in [0.5, 0.6) is 0 Å². The molecule has 2 heterocycles. The van der Waals surface area contributed by atoms with Crippen LogP contribution in [0.25, 0.3) is 0 Å². The van der Waals surface area contributed by atoms with Crippen LogP contribution in [-0.4, -0.2) is 49.7 Å². The van der Waals surface area contributed by atoms with Gasteiger partial charge in [-0.05, 0) is 19.3 Å². The molecule has 1 aromatic heterocycles. The monoisotopic (exact) mass is 301 g/mol. The Hall–Kier alpha value is -0.960. The maximum atomic E-state index is 12.2. The van der Waals surface area contributed by atoms with Gasteiger partial charge in [0.15, 0.2) is 0 Å². The minimum atomic E-state index is -3.51. The molecule has 1 saturated carbocycles. The number of aromatic nitrogens is 2. The Bertz CT molecular complexity index is 571. The van der Waals surface area contributed by atoms with Gasteiger partial charge < -0.3 is 9.47 Å². The van der Waals surface area contributed by atoms with Gasteiger partial charge in [-0.2, -0.15) is 5.10 Å². The number of sulfonamides is 1. The van der Waals surface area contributed by atoms with Gasteiger partial charge in [-0.1, -0.05) is 0 Å². The maximum Gasteiger partial charge on any atom is 0.243 e. The van der Waals surface area contributed by atoms with Crippen molar-refractivity contribution in [3.05, 3.63) is 12.4 Å². The molecular formula is C12H19N3O4S. The first-order valence-electron chi connectivity index (χ1n) is 6.79. The molecule has 3 rings (SSSR count). The summed E-state index contributed by atoms with van der Waals surface area (Å²) in [7, 11) is -1.81. The van der Waals surface area contributed by atoms with Crippen LogP contribution >= 0.6 is 0 Å². The maximum absolute atomic E-state index is 12.2. The van der Waals surface area contributed by atoms with Crippen LogP contribution in [0.4, 0.5) is 0 Å². The van der Waals surface area contributed by atoms with Crippen molar-refractivity contribution in [1.82, 2.24) is 14.5 Å². The van der Waals surface area contributed by atoms with E-state index in [-0.39, 0.29) is 23.1 Å². The van der Waals surface area contributed by atoms with E-state index in [1.54, 1.807) is 7.05 Å². The van der Waals surface area contributed by atoms with E-state index < -0.39 is 10.0 Å². The zero-order valence-corrected chi connectivity index (χ0v) is 12.2. The molecule has 0 bridgehead atoms. The highest BCUT2D eigenvalue weighted by Crippen LogP contribution is 2.27. The highest BCUT2D eigenvalue weighted by atomic mass is 32.2. The van der Waals surface area contributed by atoms with E-state index in [0.717, 1.165) is 12.8 Å². The fourth-order valence-electron chi connectivity index (χ4n) is 2.80. The fourth-order valence-corrected chi connectivity index (χ4v) is 4.06. The first kappa shape index (κ1) is 14.0. The predicted molar refractivity (Wildman–Crippen MR) is 70.6 cm³/mol. The van der Waals surface area contributed by atoms with Crippen molar-refractivity contribution in [2.75, 3.05) is 13.2 Å².